The van der Waals surface area contributed by atoms with Gasteiger partial charge in [-0.3, -0.25) is 10.1 Å². The third-order valence-electron chi connectivity index (χ3n) is 2.23. The Labute approximate surface area is 65.3 Å². The van der Waals surface area contributed by atoms with Crippen molar-refractivity contribution in [1.29, 1.82) is 0 Å². The molecule has 2 atom stereocenters. The molecule has 0 bridgehead atoms. The molecule has 0 amide bonds. The molecule has 1 spiro atoms. The highest BCUT2D eigenvalue weighted by Gasteiger charge is 2.42. The maximum absolute atomic E-state index is 10.2. The molecule has 4 heteroatoms. The summed E-state index contributed by atoms with van der Waals surface area (Å²) in [4.78, 5) is 10.2. The van der Waals surface area contributed by atoms with Crippen LogP contribution in [-0.2, 0) is 9.53 Å². The number of ether oxygens (including phenoxy) is 1. The molecule has 2 fully saturated rings. The summed E-state index contributed by atoms with van der Waals surface area (Å²) >= 11 is 0. The van der Waals surface area contributed by atoms with Gasteiger partial charge in [-0.25, -0.2) is 0 Å². The molecule has 4 nitrogen and oxygen atoms in total. The van der Waals surface area contributed by atoms with Crippen molar-refractivity contribution in [2.75, 3.05) is 19.6 Å². The lowest BCUT2D eigenvalue weighted by Crippen LogP contribution is -2.42. The van der Waals surface area contributed by atoms with Gasteiger partial charge in [-0.15, -0.1) is 0 Å². The van der Waals surface area contributed by atoms with Gasteiger partial charge < -0.3 is 10.1 Å². The third kappa shape index (κ3) is 1.17. The minimum absolute atomic E-state index is 0.262. The number of rotatable bonds is 1. The Morgan fingerprint density at radius 2 is 2.55 bits per heavy atom. The third-order valence-corrected chi connectivity index (χ3v) is 2.23. The second-order valence-corrected chi connectivity index (χ2v) is 3.03. The summed E-state index contributed by atoms with van der Waals surface area (Å²) in [5.41, 5.74) is -0.262. The summed E-state index contributed by atoms with van der Waals surface area (Å²) < 4.78 is 5.46. The van der Waals surface area contributed by atoms with Crippen LogP contribution in [0.25, 0.3) is 0 Å². The molecular weight excluding hydrogens is 144 g/mol. The summed E-state index contributed by atoms with van der Waals surface area (Å²) in [5, 5.41) is 6.37. The van der Waals surface area contributed by atoms with Crippen LogP contribution >= 0.6 is 0 Å². The maximum atomic E-state index is 10.2. The maximum Gasteiger partial charge on any atom is 0.231 e. The van der Waals surface area contributed by atoms with Gasteiger partial charge in [0.15, 0.2) is 0 Å². The van der Waals surface area contributed by atoms with Crippen LogP contribution in [0.4, 0.5) is 0 Å². The fourth-order valence-electron chi connectivity index (χ4n) is 1.62. The Hall–Kier alpha value is -0.450. The van der Waals surface area contributed by atoms with Crippen molar-refractivity contribution in [3.63, 3.8) is 0 Å². The highest BCUT2D eigenvalue weighted by Crippen LogP contribution is 2.22. The number of hydrogen-bond acceptors (Lipinski definition) is 4. The van der Waals surface area contributed by atoms with Crippen molar-refractivity contribution >= 4 is 6.29 Å². The Morgan fingerprint density at radius 1 is 1.64 bits per heavy atom. The van der Waals surface area contributed by atoms with Crippen LogP contribution in [0.5, 0.6) is 0 Å². The van der Waals surface area contributed by atoms with Crippen LogP contribution in [0.1, 0.15) is 6.42 Å². The zero-order valence-electron chi connectivity index (χ0n) is 6.22. The van der Waals surface area contributed by atoms with Crippen molar-refractivity contribution in [2.24, 2.45) is 0 Å². The zero-order chi connectivity index (χ0) is 7.73. The molecule has 0 aromatic carbocycles. The number of nitrogens with one attached hydrogen (secondary N) is 2. The van der Waals surface area contributed by atoms with E-state index in [1.165, 1.54) is 0 Å². The van der Waals surface area contributed by atoms with Crippen LogP contribution in [0.15, 0.2) is 0 Å². The van der Waals surface area contributed by atoms with Gasteiger partial charge in [0.05, 0.1) is 0 Å². The molecule has 2 heterocycles. The van der Waals surface area contributed by atoms with Crippen LogP contribution < -0.4 is 10.6 Å². The molecule has 0 saturated carbocycles. The molecule has 2 N–H and O–H groups in total. The van der Waals surface area contributed by atoms with E-state index >= 15 is 0 Å². The molecule has 2 aliphatic rings. The topological polar surface area (TPSA) is 50.4 Å². The van der Waals surface area contributed by atoms with Gasteiger partial charge >= 0.3 is 0 Å². The molecule has 11 heavy (non-hydrogen) atoms. The molecule has 0 aromatic heterocycles. The molecule has 1 radical (unpaired) electrons. The zero-order valence-corrected chi connectivity index (χ0v) is 6.22. The number of hydrogen-bond donors (Lipinski definition) is 2. The molecule has 2 unspecified atom stereocenters. The Morgan fingerprint density at radius 3 is 3.09 bits per heavy atom. The second kappa shape index (κ2) is 2.55. The summed E-state index contributed by atoms with van der Waals surface area (Å²) in [6, 6.07) is 0. The van der Waals surface area contributed by atoms with Crippen molar-refractivity contribution in [2.45, 2.75) is 18.2 Å². The van der Waals surface area contributed by atoms with Crippen molar-refractivity contribution in [3.8, 4) is 0 Å². The highest BCUT2D eigenvalue weighted by molar-refractivity contribution is 5.58. The molecule has 0 aromatic rings. The van der Waals surface area contributed by atoms with E-state index in [9.17, 15) is 4.79 Å². The predicted molar refractivity (Wildman–Crippen MR) is 38.8 cm³/mol. The van der Waals surface area contributed by atoms with E-state index in [4.69, 9.17) is 4.74 Å². The molecule has 2 rings (SSSR count). The van der Waals surface area contributed by atoms with Gasteiger partial charge in [-0.2, -0.15) is 0 Å². The van der Waals surface area contributed by atoms with Gasteiger partial charge in [0.25, 0.3) is 0 Å². The van der Waals surface area contributed by atoms with E-state index in [1.807, 2.05) is 6.29 Å². The smallest absolute Gasteiger partial charge is 0.231 e. The highest BCUT2D eigenvalue weighted by atomic mass is 16.5. The lowest BCUT2D eigenvalue weighted by Gasteiger charge is -2.21. The van der Waals surface area contributed by atoms with Crippen LogP contribution in [0, 0.1) is 0 Å². The average molecular weight is 155 g/mol. The van der Waals surface area contributed by atoms with Gasteiger partial charge in [0.2, 0.25) is 6.29 Å². The van der Waals surface area contributed by atoms with E-state index in [-0.39, 0.29) is 11.8 Å². The Bertz CT molecular complexity index is 166. The Kier molecular flexibility index (Phi) is 1.67. The molecule has 61 valence electrons. The quantitative estimate of drug-likeness (QED) is 0.498. The first-order valence-electron chi connectivity index (χ1n) is 3.86. The minimum Gasteiger partial charge on any atom is -0.346 e. The van der Waals surface area contributed by atoms with E-state index in [0.717, 1.165) is 19.5 Å². The van der Waals surface area contributed by atoms with E-state index < -0.39 is 0 Å². The second-order valence-electron chi connectivity index (χ2n) is 3.03. The normalized spacial score (nSPS) is 43.5. The summed E-state index contributed by atoms with van der Waals surface area (Å²) in [6.45, 7) is 2.36. The van der Waals surface area contributed by atoms with Gasteiger partial charge in [-0.1, -0.05) is 0 Å². The first-order valence-corrected chi connectivity index (χ1v) is 3.86. The number of carbonyl (C=O) groups excluding carboxylic acids is 1. The van der Waals surface area contributed by atoms with Gasteiger partial charge in [0.1, 0.15) is 11.8 Å². The fourth-order valence-corrected chi connectivity index (χ4v) is 1.62. The first kappa shape index (κ1) is 7.21. The molecule has 0 aliphatic carbocycles. The van der Waals surface area contributed by atoms with Crippen molar-refractivity contribution < 1.29 is 9.53 Å². The van der Waals surface area contributed by atoms with Crippen molar-refractivity contribution in [3.05, 3.63) is 0 Å². The van der Waals surface area contributed by atoms with E-state index in [0.29, 0.717) is 6.54 Å². The van der Waals surface area contributed by atoms with Crippen LogP contribution in [0.3, 0.4) is 0 Å². The first-order chi connectivity index (χ1) is 5.35. The summed E-state index contributed by atoms with van der Waals surface area (Å²) in [5.74, 6) is 0. The average Bonchev–Trinajstić information content (AvgIpc) is 2.62. The van der Waals surface area contributed by atoms with Gasteiger partial charge in [-0.05, 0) is 6.54 Å². The van der Waals surface area contributed by atoms with Crippen LogP contribution in [-0.4, -0.2) is 37.7 Å². The SMILES string of the molecule is O=[C]C1CNC2(CCNC2)O1. The standard InChI is InChI=1S/C7H11N2O2/c10-4-6-3-9-7(11-6)1-2-8-5-7/h6,8-9H,1-3,5H2. The largest absolute Gasteiger partial charge is 0.346 e. The molecule has 2 aliphatic heterocycles. The van der Waals surface area contributed by atoms with Crippen LogP contribution in [0.2, 0.25) is 0 Å². The lowest BCUT2D eigenvalue weighted by atomic mass is 10.2. The molecular formula is C7H11N2O2. The van der Waals surface area contributed by atoms with Gasteiger partial charge in [0, 0.05) is 19.5 Å². The van der Waals surface area contributed by atoms with E-state index in [1.54, 1.807) is 0 Å². The van der Waals surface area contributed by atoms with E-state index in [2.05, 4.69) is 10.6 Å². The predicted octanol–water partition coefficient (Wildman–Crippen LogP) is -1.23. The monoisotopic (exact) mass is 155 g/mol. The minimum atomic E-state index is -0.366. The molecule has 2 saturated heterocycles. The summed E-state index contributed by atoms with van der Waals surface area (Å²) in [7, 11) is 0. The summed E-state index contributed by atoms with van der Waals surface area (Å²) in [6.07, 6.45) is 2.42. The fraction of sp³-hybridized carbons (Fsp3) is 0.857. The Balaban J connectivity index is 2.01. The lowest BCUT2D eigenvalue weighted by molar-refractivity contribution is -0.0124. The van der Waals surface area contributed by atoms with Crippen molar-refractivity contribution in [1.82, 2.24) is 10.6 Å².